The van der Waals surface area contributed by atoms with Gasteiger partial charge in [0.25, 0.3) is 0 Å². The number of aryl methyl sites for hydroxylation is 2. The Hall–Kier alpha value is -1.97. The van der Waals surface area contributed by atoms with Crippen molar-refractivity contribution < 1.29 is 0 Å². The Balaban J connectivity index is 2.07. The van der Waals surface area contributed by atoms with Crippen molar-refractivity contribution in [2.75, 3.05) is 11.1 Å². The summed E-state index contributed by atoms with van der Waals surface area (Å²) < 4.78 is 1.77. The molecule has 0 aliphatic carbocycles. The molecule has 0 bridgehead atoms. The van der Waals surface area contributed by atoms with Crippen molar-refractivity contribution in [3.05, 3.63) is 41.6 Å². The van der Waals surface area contributed by atoms with Crippen molar-refractivity contribution in [3.8, 4) is 0 Å². The summed E-state index contributed by atoms with van der Waals surface area (Å²) >= 11 is 0. The van der Waals surface area contributed by atoms with Crippen LogP contribution in [-0.4, -0.2) is 9.78 Å². The summed E-state index contributed by atoms with van der Waals surface area (Å²) in [6, 6.07) is 7.97. The lowest BCUT2D eigenvalue weighted by Crippen LogP contribution is -2.04. The molecule has 1 aromatic heterocycles. The van der Waals surface area contributed by atoms with Gasteiger partial charge in [-0.15, -0.1) is 0 Å². The third-order valence-electron chi connectivity index (χ3n) is 2.47. The van der Waals surface area contributed by atoms with E-state index in [1.807, 2.05) is 31.4 Å². The second kappa shape index (κ2) is 4.26. The lowest BCUT2D eigenvalue weighted by Gasteiger charge is -2.07. The first-order valence-electron chi connectivity index (χ1n) is 5.23. The summed E-state index contributed by atoms with van der Waals surface area (Å²) in [5.41, 5.74) is 9.02. The molecule has 84 valence electrons. The minimum atomic E-state index is 0.699. The molecule has 0 saturated carbocycles. The second-order valence-electron chi connectivity index (χ2n) is 3.93. The summed E-state index contributed by atoms with van der Waals surface area (Å²) in [4.78, 5) is 0. The van der Waals surface area contributed by atoms with E-state index >= 15 is 0 Å². The Morgan fingerprint density at radius 2 is 2.19 bits per heavy atom. The summed E-state index contributed by atoms with van der Waals surface area (Å²) in [5, 5.41) is 7.48. The molecule has 0 aliphatic rings. The molecule has 2 aromatic rings. The van der Waals surface area contributed by atoms with Gasteiger partial charge in [0.1, 0.15) is 5.82 Å². The van der Waals surface area contributed by atoms with Gasteiger partial charge < -0.3 is 11.1 Å². The Labute approximate surface area is 95.1 Å². The molecule has 0 amide bonds. The van der Waals surface area contributed by atoms with Crippen LogP contribution < -0.4 is 11.1 Å². The minimum Gasteiger partial charge on any atom is -0.398 e. The van der Waals surface area contributed by atoms with Gasteiger partial charge in [0, 0.05) is 31.5 Å². The minimum absolute atomic E-state index is 0.699. The average Bonchev–Trinajstić information content (AvgIpc) is 2.66. The van der Waals surface area contributed by atoms with Gasteiger partial charge in [0.2, 0.25) is 0 Å². The van der Waals surface area contributed by atoms with Crippen LogP contribution in [0.15, 0.2) is 30.5 Å². The molecule has 16 heavy (non-hydrogen) atoms. The Morgan fingerprint density at radius 3 is 2.88 bits per heavy atom. The van der Waals surface area contributed by atoms with Gasteiger partial charge in [0.05, 0.1) is 0 Å². The molecule has 4 nitrogen and oxygen atoms in total. The fraction of sp³-hybridized carbons (Fsp3) is 0.250. The van der Waals surface area contributed by atoms with Crippen LogP contribution in [0.1, 0.15) is 11.1 Å². The highest BCUT2D eigenvalue weighted by Gasteiger charge is 2.00. The number of nitrogens with zero attached hydrogens (tertiary/aromatic N) is 2. The third kappa shape index (κ3) is 2.34. The number of nitrogens with two attached hydrogens (primary N) is 1. The van der Waals surface area contributed by atoms with Crippen LogP contribution >= 0.6 is 0 Å². The Bertz CT molecular complexity index is 488. The molecule has 0 saturated heterocycles. The molecule has 0 fully saturated rings. The van der Waals surface area contributed by atoms with Crippen LogP contribution in [0.5, 0.6) is 0 Å². The van der Waals surface area contributed by atoms with Crippen LogP contribution in [-0.2, 0) is 13.6 Å². The average molecular weight is 216 g/mol. The molecule has 4 heteroatoms. The molecular formula is C12H16N4. The van der Waals surface area contributed by atoms with Crippen molar-refractivity contribution in [1.82, 2.24) is 9.78 Å². The highest BCUT2D eigenvalue weighted by atomic mass is 15.3. The van der Waals surface area contributed by atoms with E-state index in [0.717, 1.165) is 17.1 Å². The molecular weight excluding hydrogens is 200 g/mol. The van der Waals surface area contributed by atoms with Crippen LogP contribution in [0, 0.1) is 6.92 Å². The molecule has 0 atom stereocenters. The van der Waals surface area contributed by atoms with Gasteiger partial charge >= 0.3 is 0 Å². The number of benzene rings is 1. The number of anilines is 2. The first kappa shape index (κ1) is 10.5. The van der Waals surface area contributed by atoms with Gasteiger partial charge in [-0.05, 0) is 18.6 Å². The molecule has 2 rings (SSSR count). The smallest absolute Gasteiger partial charge is 0.148 e. The fourth-order valence-electron chi connectivity index (χ4n) is 1.58. The molecule has 0 unspecified atom stereocenters. The van der Waals surface area contributed by atoms with Crippen LogP contribution in [0.3, 0.4) is 0 Å². The number of nitrogens with one attached hydrogen (secondary N) is 1. The molecule has 1 heterocycles. The van der Waals surface area contributed by atoms with E-state index in [4.69, 9.17) is 5.73 Å². The maximum atomic E-state index is 5.89. The maximum absolute atomic E-state index is 5.89. The van der Waals surface area contributed by atoms with Gasteiger partial charge in [0.15, 0.2) is 0 Å². The highest BCUT2D eigenvalue weighted by molar-refractivity contribution is 5.50. The molecule has 0 radical (unpaired) electrons. The molecule has 3 N–H and O–H groups in total. The number of aromatic nitrogens is 2. The van der Waals surface area contributed by atoms with Gasteiger partial charge in [-0.2, -0.15) is 5.10 Å². The lowest BCUT2D eigenvalue weighted by atomic mass is 10.1. The van der Waals surface area contributed by atoms with E-state index in [1.54, 1.807) is 4.68 Å². The second-order valence-corrected chi connectivity index (χ2v) is 3.93. The zero-order chi connectivity index (χ0) is 11.5. The van der Waals surface area contributed by atoms with Crippen molar-refractivity contribution in [2.24, 2.45) is 7.05 Å². The standard InChI is InChI=1S/C12H16N4/c1-9-3-4-11(13)10(7-9)8-14-12-5-6-16(2)15-12/h3-7H,8,13H2,1-2H3,(H,14,15). The predicted molar refractivity (Wildman–Crippen MR) is 66.1 cm³/mol. The largest absolute Gasteiger partial charge is 0.398 e. The summed E-state index contributed by atoms with van der Waals surface area (Å²) in [7, 11) is 1.90. The van der Waals surface area contributed by atoms with E-state index < -0.39 is 0 Å². The van der Waals surface area contributed by atoms with E-state index in [-0.39, 0.29) is 0 Å². The van der Waals surface area contributed by atoms with Gasteiger partial charge in [-0.3, -0.25) is 4.68 Å². The number of rotatable bonds is 3. The van der Waals surface area contributed by atoms with Gasteiger partial charge in [-0.1, -0.05) is 17.7 Å². The molecule has 0 aliphatic heterocycles. The zero-order valence-corrected chi connectivity index (χ0v) is 9.57. The van der Waals surface area contributed by atoms with Crippen molar-refractivity contribution in [3.63, 3.8) is 0 Å². The molecule has 0 spiro atoms. The quantitative estimate of drug-likeness (QED) is 0.771. The first-order chi connectivity index (χ1) is 7.65. The number of hydrogen-bond donors (Lipinski definition) is 2. The Kier molecular flexibility index (Phi) is 2.81. The monoisotopic (exact) mass is 216 g/mol. The maximum Gasteiger partial charge on any atom is 0.148 e. The van der Waals surface area contributed by atoms with E-state index in [2.05, 4.69) is 23.4 Å². The lowest BCUT2D eigenvalue weighted by molar-refractivity contribution is 0.768. The van der Waals surface area contributed by atoms with Crippen LogP contribution in [0.2, 0.25) is 0 Å². The van der Waals surface area contributed by atoms with Crippen molar-refractivity contribution >= 4 is 11.5 Å². The van der Waals surface area contributed by atoms with E-state index in [1.165, 1.54) is 5.56 Å². The zero-order valence-electron chi connectivity index (χ0n) is 9.57. The SMILES string of the molecule is Cc1ccc(N)c(CNc2ccn(C)n2)c1. The van der Waals surface area contributed by atoms with Crippen LogP contribution in [0.25, 0.3) is 0 Å². The van der Waals surface area contributed by atoms with Gasteiger partial charge in [-0.25, -0.2) is 0 Å². The summed E-state index contributed by atoms with van der Waals surface area (Å²) in [5.74, 6) is 0.864. The van der Waals surface area contributed by atoms with Crippen molar-refractivity contribution in [2.45, 2.75) is 13.5 Å². The van der Waals surface area contributed by atoms with Crippen molar-refractivity contribution in [1.29, 1.82) is 0 Å². The highest BCUT2D eigenvalue weighted by Crippen LogP contribution is 2.15. The summed E-state index contributed by atoms with van der Waals surface area (Å²) in [6.45, 7) is 2.76. The van der Waals surface area contributed by atoms with Crippen LogP contribution in [0.4, 0.5) is 11.5 Å². The molecule has 1 aromatic carbocycles. The fourth-order valence-corrected chi connectivity index (χ4v) is 1.58. The number of hydrogen-bond acceptors (Lipinski definition) is 3. The predicted octanol–water partition coefficient (Wildman–Crippen LogP) is 1.92. The summed E-state index contributed by atoms with van der Waals surface area (Å²) in [6.07, 6.45) is 1.90. The topological polar surface area (TPSA) is 55.9 Å². The Morgan fingerprint density at radius 1 is 1.38 bits per heavy atom. The first-order valence-corrected chi connectivity index (χ1v) is 5.23. The normalized spacial score (nSPS) is 10.4. The van der Waals surface area contributed by atoms with E-state index in [0.29, 0.717) is 6.54 Å². The number of nitrogen functional groups attached to an aromatic ring is 1. The van der Waals surface area contributed by atoms with E-state index in [9.17, 15) is 0 Å². The third-order valence-corrected chi connectivity index (χ3v) is 2.47.